The maximum Gasteiger partial charge on any atom is 0.329 e. The molecule has 0 aliphatic heterocycles. The average molecular weight is 227 g/mol. The first-order valence-electron chi connectivity index (χ1n) is 6.11. The zero-order chi connectivity index (χ0) is 12.2. The molecule has 1 aliphatic rings. The third-order valence-corrected chi connectivity index (χ3v) is 3.70. The first-order valence-corrected chi connectivity index (χ1v) is 6.11. The fourth-order valence-electron chi connectivity index (χ4n) is 2.31. The van der Waals surface area contributed by atoms with Crippen molar-refractivity contribution in [3.63, 3.8) is 0 Å². The standard InChI is InChI=1S/C12H21NO3/c1-3-12(4-2,11(15)16)13-10(14)9-7-5-6-8-9/h9H,3-8H2,1-2H3,(H,13,14)(H,15,16). The molecule has 0 bridgehead atoms. The molecule has 0 spiro atoms. The van der Waals surface area contributed by atoms with Crippen LogP contribution in [0.15, 0.2) is 0 Å². The van der Waals surface area contributed by atoms with E-state index in [0.717, 1.165) is 25.7 Å². The van der Waals surface area contributed by atoms with Gasteiger partial charge >= 0.3 is 5.97 Å². The summed E-state index contributed by atoms with van der Waals surface area (Å²) in [6, 6.07) is 0. The highest BCUT2D eigenvalue weighted by molar-refractivity contribution is 5.88. The molecule has 0 radical (unpaired) electrons. The van der Waals surface area contributed by atoms with Crippen molar-refractivity contribution >= 4 is 11.9 Å². The van der Waals surface area contributed by atoms with Crippen molar-refractivity contribution in [1.82, 2.24) is 5.32 Å². The predicted molar refractivity (Wildman–Crippen MR) is 61.0 cm³/mol. The molecule has 4 heteroatoms. The summed E-state index contributed by atoms with van der Waals surface area (Å²) in [6.07, 6.45) is 4.81. The number of hydrogen-bond acceptors (Lipinski definition) is 2. The lowest BCUT2D eigenvalue weighted by atomic mass is 9.91. The van der Waals surface area contributed by atoms with Gasteiger partial charge in [0.15, 0.2) is 0 Å². The molecule has 4 nitrogen and oxygen atoms in total. The topological polar surface area (TPSA) is 66.4 Å². The second-order valence-corrected chi connectivity index (χ2v) is 4.56. The zero-order valence-corrected chi connectivity index (χ0v) is 10.1. The molecule has 0 saturated heterocycles. The van der Waals surface area contributed by atoms with Gasteiger partial charge < -0.3 is 10.4 Å². The van der Waals surface area contributed by atoms with E-state index >= 15 is 0 Å². The number of rotatable bonds is 5. The fourth-order valence-corrected chi connectivity index (χ4v) is 2.31. The van der Waals surface area contributed by atoms with Crippen LogP contribution < -0.4 is 5.32 Å². The van der Waals surface area contributed by atoms with E-state index in [0.29, 0.717) is 12.8 Å². The number of amides is 1. The molecule has 1 saturated carbocycles. The quantitative estimate of drug-likeness (QED) is 0.754. The minimum Gasteiger partial charge on any atom is -0.480 e. The first-order chi connectivity index (χ1) is 7.55. The molecule has 1 aliphatic carbocycles. The van der Waals surface area contributed by atoms with Crippen molar-refractivity contribution in [3.05, 3.63) is 0 Å². The van der Waals surface area contributed by atoms with E-state index in [4.69, 9.17) is 0 Å². The average Bonchev–Trinajstić information content (AvgIpc) is 2.78. The van der Waals surface area contributed by atoms with Gasteiger partial charge in [-0.2, -0.15) is 0 Å². The van der Waals surface area contributed by atoms with Crippen molar-refractivity contribution in [3.8, 4) is 0 Å². The maximum absolute atomic E-state index is 11.9. The van der Waals surface area contributed by atoms with Crippen LogP contribution in [0.5, 0.6) is 0 Å². The summed E-state index contributed by atoms with van der Waals surface area (Å²) < 4.78 is 0. The largest absolute Gasteiger partial charge is 0.480 e. The summed E-state index contributed by atoms with van der Waals surface area (Å²) in [5, 5.41) is 11.9. The van der Waals surface area contributed by atoms with E-state index in [2.05, 4.69) is 5.32 Å². The Morgan fingerprint density at radius 3 is 2.12 bits per heavy atom. The van der Waals surface area contributed by atoms with E-state index in [9.17, 15) is 14.7 Å². The Morgan fingerprint density at radius 2 is 1.75 bits per heavy atom. The molecule has 1 fully saturated rings. The lowest BCUT2D eigenvalue weighted by Gasteiger charge is -2.29. The van der Waals surface area contributed by atoms with Crippen molar-refractivity contribution in [2.75, 3.05) is 0 Å². The fraction of sp³-hybridized carbons (Fsp3) is 0.833. The third-order valence-electron chi connectivity index (χ3n) is 3.70. The molecule has 0 unspecified atom stereocenters. The van der Waals surface area contributed by atoms with Gasteiger partial charge in [0.1, 0.15) is 5.54 Å². The second-order valence-electron chi connectivity index (χ2n) is 4.56. The molecule has 0 aromatic rings. The van der Waals surface area contributed by atoms with Crippen LogP contribution in [0, 0.1) is 5.92 Å². The molecular weight excluding hydrogens is 206 g/mol. The van der Waals surface area contributed by atoms with Gasteiger partial charge in [-0.05, 0) is 25.7 Å². The van der Waals surface area contributed by atoms with Crippen LogP contribution in [-0.4, -0.2) is 22.5 Å². The van der Waals surface area contributed by atoms with Crippen LogP contribution in [0.2, 0.25) is 0 Å². The van der Waals surface area contributed by atoms with Crippen molar-refractivity contribution < 1.29 is 14.7 Å². The van der Waals surface area contributed by atoms with E-state index < -0.39 is 11.5 Å². The summed E-state index contributed by atoms with van der Waals surface area (Å²) in [4.78, 5) is 23.1. The van der Waals surface area contributed by atoms with E-state index in [1.165, 1.54) is 0 Å². The summed E-state index contributed by atoms with van der Waals surface area (Å²) >= 11 is 0. The molecular formula is C12H21NO3. The van der Waals surface area contributed by atoms with Gasteiger partial charge in [0.05, 0.1) is 0 Å². The van der Waals surface area contributed by atoms with Crippen LogP contribution in [0.4, 0.5) is 0 Å². The van der Waals surface area contributed by atoms with E-state index in [1.807, 2.05) is 0 Å². The Kier molecular flexibility index (Phi) is 4.33. The molecule has 0 aromatic carbocycles. The van der Waals surface area contributed by atoms with Crippen LogP contribution in [0.25, 0.3) is 0 Å². The van der Waals surface area contributed by atoms with Crippen LogP contribution >= 0.6 is 0 Å². The third kappa shape index (κ3) is 2.54. The highest BCUT2D eigenvalue weighted by atomic mass is 16.4. The monoisotopic (exact) mass is 227 g/mol. The molecule has 92 valence electrons. The predicted octanol–water partition coefficient (Wildman–Crippen LogP) is 1.94. The van der Waals surface area contributed by atoms with Crippen LogP contribution in [-0.2, 0) is 9.59 Å². The van der Waals surface area contributed by atoms with Crippen molar-refractivity contribution in [2.45, 2.75) is 57.9 Å². The van der Waals surface area contributed by atoms with Gasteiger partial charge in [0.25, 0.3) is 0 Å². The molecule has 1 amide bonds. The van der Waals surface area contributed by atoms with E-state index in [1.54, 1.807) is 13.8 Å². The van der Waals surface area contributed by atoms with Gasteiger partial charge in [-0.3, -0.25) is 4.79 Å². The summed E-state index contributed by atoms with van der Waals surface area (Å²) in [7, 11) is 0. The Balaban J connectivity index is 2.67. The van der Waals surface area contributed by atoms with Crippen LogP contribution in [0.3, 0.4) is 0 Å². The normalized spacial score (nSPS) is 17.4. The van der Waals surface area contributed by atoms with Gasteiger partial charge in [-0.25, -0.2) is 4.79 Å². The Hall–Kier alpha value is -1.06. The number of carboxylic acid groups (broad SMARTS) is 1. The van der Waals surface area contributed by atoms with E-state index in [-0.39, 0.29) is 11.8 Å². The minimum absolute atomic E-state index is 0.0248. The van der Waals surface area contributed by atoms with Crippen molar-refractivity contribution in [1.29, 1.82) is 0 Å². The van der Waals surface area contributed by atoms with Crippen molar-refractivity contribution in [2.24, 2.45) is 5.92 Å². The molecule has 0 heterocycles. The number of hydrogen-bond donors (Lipinski definition) is 2. The Morgan fingerprint density at radius 1 is 1.25 bits per heavy atom. The number of carboxylic acids is 1. The number of carbonyl (C=O) groups is 2. The van der Waals surface area contributed by atoms with Gasteiger partial charge in [-0.15, -0.1) is 0 Å². The number of aliphatic carboxylic acids is 1. The second kappa shape index (κ2) is 5.32. The Bertz CT molecular complexity index is 265. The minimum atomic E-state index is -1.07. The molecule has 2 N–H and O–H groups in total. The smallest absolute Gasteiger partial charge is 0.329 e. The van der Waals surface area contributed by atoms with Gasteiger partial charge in [0.2, 0.25) is 5.91 Å². The highest BCUT2D eigenvalue weighted by Gasteiger charge is 2.38. The summed E-state index contributed by atoms with van der Waals surface area (Å²) in [6.45, 7) is 3.60. The first kappa shape index (κ1) is 13.0. The Labute approximate surface area is 96.4 Å². The molecule has 16 heavy (non-hydrogen) atoms. The molecule has 0 aromatic heterocycles. The van der Waals surface area contributed by atoms with Gasteiger partial charge in [-0.1, -0.05) is 26.7 Å². The summed E-state index contributed by atoms with van der Waals surface area (Å²) in [5.74, 6) is -0.982. The van der Waals surface area contributed by atoms with Gasteiger partial charge in [0, 0.05) is 5.92 Å². The lowest BCUT2D eigenvalue weighted by molar-refractivity contribution is -0.148. The SMILES string of the molecule is CCC(CC)(NC(=O)C1CCCC1)C(=O)O. The van der Waals surface area contributed by atoms with Crippen LogP contribution in [0.1, 0.15) is 52.4 Å². The summed E-state index contributed by atoms with van der Waals surface area (Å²) in [5.41, 5.74) is -1.07. The molecule has 1 rings (SSSR count). The zero-order valence-electron chi connectivity index (χ0n) is 10.1. The number of nitrogens with one attached hydrogen (secondary N) is 1. The number of carbonyl (C=O) groups excluding carboxylic acids is 1. The molecule has 0 atom stereocenters. The highest BCUT2D eigenvalue weighted by Crippen LogP contribution is 2.26. The lowest BCUT2D eigenvalue weighted by Crippen LogP contribution is -2.55. The maximum atomic E-state index is 11.9.